The zero-order chi connectivity index (χ0) is 15.8. The highest BCUT2D eigenvalue weighted by molar-refractivity contribution is 5.80. The van der Waals surface area contributed by atoms with E-state index in [1.165, 1.54) is 18.4 Å². The number of pyridine rings is 1. The minimum atomic E-state index is -2.44. The minimum Gasteiger partial charge on any atom is -0.547 e. The fourth-order valence-electron chi connectivity index (χ4n) is 1.81. The maximum absolute atomic E-state index is 9.63. The van der Waals surface area contributed by atoms with Crippen LogP contribution in [0.3, 0.4) is 0 Å². The van der Waals surface area contributed by atoms with Crippen molar-refractivity contribution in [2.24, 2.45) is 0 Å². The molecule has 8 nitrogen and oxygen atoms in total. The summed E-state index contributed by atoms with van der Waals surface area (Å²) in [4.78, 5) is 23.4. The van der Waals surface area contributed by atoms with E-state index in [4.69, 9.17) is 10.2 Å². The van der Waals surface area contributed by atoms with Crippen LogP contribution in [0.25, 0.3) is 0 Å². The summed E-state index contributed by atoms with van der Waals surface area (Å²) >= 11 is 0. The van der Waals surface area contributed by atoms with E-state index in [0.29, 0.717) is 6.04 Å². The van der Waals surface area contributed by atoms with Gasteiger partial charge in [0.2, 0.25) is 0 Å². The van der Waals surface area contributed by atoms with Gasteiger partial charge in [-0.3, -0.25) is 4.98 Å². The van der Waals surface area contributed by atoms with Gasteiger partial charge in [0.15, 0.2) is 0 Å². The lowest BCUT2D eigenvalue weighted by atomic mass is 10.1. The summed E-state index contributed by atoms with van der Waals surface area (Å²) in [5, 5.41) is 39.2. The highest BCUT2D eigenvalue weighted by Gasteiger charge is 2.17. The highest BCUT2D eigenvalue weighted by atomic mass is 16.4. The molecule has 1 aliphatic rings. The second kappa shape index (κ2) is 8.30. The molecule has 2 rings (SSSR count). The van der Waals surface area contributed by atoms with Crippen LogP contribution in [0.5, 0.6) is 0 Å². The molecule has 0 bridgehead atoms. The molecule has 1 aromatic heterocycles. The van der Waals surface area contributed by atoms with Gasteiger partial charge >= 0.3 is 0 Å². The summed E-state index contributed by atoms with van der Waals surface area (Å²) in [5.74, 6) is -4.12. The second-order valence-corrected chi connectivity index (χ2v) is 4.46. The van der Waals surface area contributed by atoms with E-state index in [1.54, 1.807) is 0 Å². The lowest BCUT2D eigenvalue weighted by molar-refractivity contribution is -0.333. The third-order valence-corrected chi connectivity index (χ3v) is 2.93. The van der Waals surface area contributed by atoms with Crippen LogP contribution in [0.2, 0.25) is 0 Å². The van der Waals surface area contributed by atoms with E-state index >= 15 is 0 Å². The molecule has 21 heavy (non-hydrogen) atoms. The standard InChI is InChI=1S/C9H12N2.C4H6O6/c1-3-8(7-10-5-1)9-4-2-6-11-9;5-1(3(7)8)2(6)4(9)10/h1,3,5,7,9,11H,2,4,6H2;1-2,5-6H,(H,7,8)(H,9,10)/p-2. The smallest absolute Gasteiger partial charge is 0.124 e. The first-order valence-corrected chi connectivity index (χ1v) is 6.34. The number of nitrogens with zero attached hydrogens (tertiary/aromatic N) is 1. The van der Waals surface area contributed by atoms with Crippen molar-refractivity contribution in [3.63, 3.8) is 0 Å². The number of carbonyl (C=O) groups excluding carboxylic acids is 2. The van der Waals surface area contributed by atoms with Gasteiger partial charge in [-0.1, -0.05) is 6.07 Å². The SMILES string of the molecule is O=C([O-])C(O)C(O)C(=O)[O-].c1cncc(C2CCCN2)c1. The molecule has 1 aromatic rings. The molecule has 0 radical (unpaired) electrons. The number of nitrogens with one attached hydrogen (secondary N) is 1. The van der Waals surface area contributed by atoms with E-state index in [0.717, 1.165) is 6.54 Å². The quantitative estimate of drug-likeness (QED) is 0.524. The molecule has 116 valence electrons. The number of aliphatic hydroxyl groups is 2. The zero-order valence-electron chi connectivity index (χ0n) is 11.1. The molecule has 1 saturated heterocycles. The number of aliphatic carboxylic acids is 2. The lowest BCUT2D eigenvalue weighted by Gasteiger charge is -2.18. The van der Waals surface area contributed by atoms with Gasteiger partial charge in [0.25, 0.3) is 0 Å². The fourth-order valence-corrected chi connectivity index (χ4v) is 1.81. The zero-order valence-corrected chi connectivity index (χ0v) is 11.1. The molecule has 1 fully saturated rings. The summed E-state index contributed by atoms with van der Waals surface area (Å²) in [6, 6.07) is 4.69. The van der Waals surface area contributed by atoms with Gasteiger partial charge in [-0.05, 0) is 31.0 Å². The molecule has 3 unspecified atom stereocenters. The van der Waals surface area contributed by atoms with Gasteiger partial charge in [-0.2, -0.15) is 0 Å². The summed E-state index contributed by atoms with van der Waals surface area (Å²) in [6.07, 6.45) is 1.43. The Morgan fingerprint density at radius 3 is 2.29 bits per heavy atom. The first kappa shape index (κ1) is 17.0. The number of hydrogen-bond acceptors (Lipinski definition) is 8. The molecule has 0 spiro atoms. The van der Waals surface area contributed by atoms with Crippen molar-refractivity contribution < 1.29 is 30.0 Å². The maximum Gasteiger partial charge on any atom is 0.124 e. The number of hydrogen-bond donors (Lipinski definition) is 3. The van der Waals surface area contributed by atoms with Crippen LogP contribution in [-0.4, -0.2) is 45.9 Å². The number of rotatable bonds is 4. The normalized spacial score (nSPS) is 20.0. The molecule has 0 amide bonds. The van der Waals surface area contributed by atoms with Gasteiger partial charge in [0.1, 0.15) is 12.2 Å². The molecule has 3 N–H and O–H groups in total. The van der Waals surface area contributed by atoms with E-state index in [-0.39, 0.29) is 0 Å². The van der Waals surface area contributed by atoms with Crippen molar-refractivity contribution in [3.8, 4) is 0 Å². The topological polar surface area (TPSA) is 146 Å². The van der Waals surface area contributed by atoms with Crippen molar-refractivity contribution in [2.75, 3.05) is 6.54 Å². The minimum absolute atomic E-state index is 0.559. The number of carboxylic acid groups (broad SMARTS) is 2. The van der Waals surface area contributed by atoms with E-state index in [9.17, 15) is 19.8 Å². The molecule has 3 atom stereocenters. The monoisotopic (exact) mass is 296 g/mol. The molecular formula is C13H16N2O6-2. The van der Waals surface area contributed by atoms with Crippen molar-refractivity contribution in [1.82, 2.24) is 10.3 Å². The number of carbonyl (C=O) groups is 2. The summed E-state index contributed by atoms with van der Waals surface area (Å²) in [5.41, 5.74) is 1.32. The molecule has 8 heteroatoms. The Balaban J connectivity index is 0.000000212. The summed E-state index contributed by atoms with van der Waals surface area (Å²) < 4.78 is 0. The largest absolute Gasteiger partial charge is 0.547 e. The van der Waals surface area contributed by atoms with Crippen LogP contribution < -0.4 is 15.5 Å². The molecule has 0 saturated carbocycles. The van der Waals surface area contributed by atoms with Crippen LogP contribution in [0.1, 0.15) is 24.4 Å². The number of aliphatic hydroxyl groups excluding tert-OH is 2. The van der Waals surface area contributed by atoms with E-state index < -0.39 is 24.1 Å². The Hall–Kier alpha value is -2.03. The van der Waals surface area contributed by atoms with Crippen LogP contribution in [-0.2, 0) is 9.59 Å². The molecule has 1 aliphatic heterocycles. The number of aromatic nitrogens is 1. The Labute approximate surface area is 121 Å². The van der Waals surface area contributed by atoms with E-state index in [1.807, 2.05) is 18.5 Å². The van der Waals surface area contributed by atoms with Crippen LogP contribution >= 0.6 is 0 Å². The lowest BCUT2D eigenvalue weighted by Crippen LogP contribution is -2.51. The average Bonchev–Trinajstić information content (AvgIpc) is 3.01. The summed E-state index contributed by atoms with van der Waals surface area (Å²) in [6.45, 7) is 1.15. The van der Waals surface area contributed by atoms with Crippen LogP contribution in [0, 0.1) is 0 Å². The van der Waals surface area contributed by atoms with Crippen molar-refractivity contribution >= 4 is 11.9 Å². The van der Waals surface area contributed by atoms with E-state index in [2.05, 4.69) is 16.4 Å². The van der Waals surface area contributed by atoms with Gasteiger partial charge in [-0.25, -0.2) is 0 Å². The van der Waals surface area contributed by atoms with Crippen LogP contribution in [0.4, 0.5) is 0 Å². The Bertz CT molecular complexity index is 443. The third-order valence-electron chi connectivity index (χ3n) is 2.93. The third kappa shape index (κ3) is 5.46. The van der Waals surface area contributed by atoms with Crippen LogP contribution in [0.15, 0.2) is 24.5 Å². The maximum atomic E-state index is 9.63. The second-order valence-electron chi connectivity index (χ2n) is 4.46. The first-order chi connectivity index (χ1) is 9.93. The highest BCUT2D eigenvalue weighted by Crippen LogP contribution is 2.21. The Morgan fingerprint density at radius 1 is 1.29 bits per heavy atom. The fraction of sp³-hybridized carbons (Fsp3) is 0.462. The summed E-state index contributed by atoms with van der Waals surface area (Å²) in [7, 11) is 0. The van der Waals surface area contributed by atoms with Crippen molar-refractivity contribution in [1.29, 1.82) is 0 Å². The first-order valence-electron chi connectivity index (χ1n) is 6.34. The Morgan fingerprint density at radius 2 is 1.90 bits per heavy atom. The molecular weight excluding hydrogens is 280 g/mol. The predicted molar refractivity (Wildman–Crippen MR) is 66.2 cm³/mol. The predicted octanol–water partition coefficient (Wildman–Crippen LogP) is -3.29. The van der Waals surface area contributed by atoms with Crippen molar-refractivity contribution in [2.45, 2.75) is 31.1 Å². The molecule has 0 aromatic carbocycles. The van der Waals surface area contributed by atoms with Gasteiger partial charge in [0.05, 0.1) is 11.9 Å². The number of carboxylic acids is 2. The average molecular weight is 296 g/mol. The van der Waals surface area contributed by atoms with Gasteiger partial charge in [-0.15, -0.1) is 0 Å². The van der Waals surface area contributed by atoms with Gasteiger partial charge < -0.3 is 35.3 Å². The molecule has 0 aliphatic carbocycles. The Kier molecular flexibility index (Phi) is 6.73. The molecule has 2 heterocycles. The van der Waals surface area contributed by atoms with Crippen molar-refractivity contribution in [3.05, 3.63) is 30.1 Å². The van der Waals surface area contributed by atoms with Gasteiger partial charge in [0, 0.05) is 18.4 Å².